The maximum atomic E-state index is 12.6. The summed E-state index contributed by atoms with van der Waals surface area (Å²) in [5.41, 5.74) is 0.908. The van der Waals surface area contributed by atoms with Crippen LogP contribution in [0.5, 0.6) is 0 Å². The third-order valence-electron chi connectivity index (χ3n) is 3.82. The number of ketones is 1. The minimum atomic E-state index is -0.804. The molecule has 7 heteroatoms. The predicted octanol–water partition coefficient (Wildman–Crippen LogP) is 1.78. The summed E-state index contributed by atoms with van der Waals surface area (Å²) >= 11 is 5.92. The second kappa shape index (κ2) is 5.26. The molecule has 0 bridgehead atoms. The Morgan fingerprint density at radius 3 is 2.76 bits per heavy atom. The first-order valence-electron chi connectivity index (χ1n) is 7.04. The summed E-state index contributed by atoms with van der Waals surface area (Å²) in [5.74, 6) is -0.996. The van der Waals surface area contributed by atoms with E-state index in [-0.39, 0.29) is 17.7 Å². The van der Waals surface area contributed by atoms with Gasteiger partial charge in [0.1, 0.15) is 11.7 Å². The Bertz CT molecular complexity index is 616. The molecule has 1 fully saturated rings. The highest BCUT2D eigenvalue weighted by Gasteiger charge is 2.44. The van der Waals surface area contributed by atoms with E-state index in [1.54, 1.807) is 13.8 Å². The number of aryl methyl sites for hydroxylation is 1. The van der Waals surface area contributed by atoms with Gasteiger partial charge >= 0.3 is 5.97 Å². The Hall–Kier alpha value is -1.69. The van der Waals surface area contributed by atoms with E-state index >= 15 is 0 Å². The minimum absolute atomic E-state index is 0.124. The molecule has 0 aromatic carbocycles. The second-order valence-electron chi connectivity index (χ2n) is 5.33. The lowest BCUT2D eigenvalue weighted by Gasteiger charge is -2.33. The topological polar surface area (TPSA) is 72.4 Å². The van der Waals surface area contributed by atoms with Crippen molar-refractivity contribution >= 4 is 29.2 Å². The number of hydrogen-bond acceptors (Lipinski definition) is 6. The zero-order valence-corrected chi connectivity index (χ0v) is 12.7. The maximum Gasteiger partial charge on any atom is 0.318 e. The van der Waals surface area contributed by atoms with E-state index in [1.165, 1.54) is 0 Å². The van der Waals surface area contributed by atoms with Gasteiger partial charge in [0.2, 0.25) is 5.28 Å². The monoisotopic (exact) mass is 309 g/mol. The molecule has 6 nitrogen and oxygen atoms in total. The van der Waals surface area contributed by atoms with Gasteiger partial charge < -0.3 is 9.64 Å². The third kappa shape index (κ3) is 2.48. The van der Waals surface area contributed by atoms with Crippen LogP contribution >= 0.6 is 11.6 Å². The number of esters is 1. The van der Waals surface area contributed by atoms with Gasteiger partial charge in [-0.15, -0.1) is 0 Å². The molecule has 1 atom stereocenters. The molecule has 0 radical (unpaired) electrons. The summed E-state index contributed by atoms with van der Waals surface area (Å²) < 4.78 is 5.03. The SMILES string of the molecule is CCOC(=O)C1CN(C2CC2)c2nc(Cl)nc(C)c2C1=O. The number of ether oxygens (including phenoxy) is 1. The molecule has 1 aromatic rings. The Balaban J connectivity index is 2.05. The fourth-order valence-electron chi connectivity index (χ4n) is 2.69. The molecule has 21 heavy (non-hydrogen) atoms. The molecule has 0 N–H and O–H groups in total. The molecule has 2 heterocycles. The van der Waals surface area contributed by atoms with Gasteiger partial charge in [-0.1, -0.05) is 0 Å². The first-order valence-corrected chi connectivity index (χ1v) is 7.42. The van der Waals surface area contributed by atoms with E-state index in [4.69, 9.17) is 16.3 Å². The lowest BCUT2D eigenvalue weighted by atomic mass is 9.92. The van der Waals surface area contributed by atoms with Crippen LogP contribution in [0.4, 0.5) is 5.82 Å². The highest BCUT2D eigenvalue weighted by Crippen LogP contribution is 2.38. The second-order valence-corrected chi connectivity index (χ2v) is 5.67. The zero-order valence-electron chi connectivity index (χ0n) is 11.9. The highest BCUT2D eigenvalue weighted by atomic mass is 35.5. The Morgan fingerprint density at radius 1 is 1.43 bits per heavy atom. The van der Waals surface area contributed by atoms with Crippen LogP contribution in [0.1, 0.15) is 35.8 Å². The number of anilines is 1. The summed E-state index contributed by atoms with van der Waals surface area (Å²) in [5, 5.41) is 0.124. The molecular formula is C14H16ClN3O3. The van der Waals surface area contributed by atoms with Gasteiger partial charge in [-0.2, -0.15) is 4.98 Å². The quantitative estimate of drug-likeness (QED) is 0.481. The molecule has 1 aliphatic carbocycles. The molecule has 1 unspecified atom stereocenters. The van der Waals surface area contributed by atoms with Crippen molar-refractivity contribution in [2.45, 2.75) is 32.7 Å². The highest BCUT2D eigenvalue weighted by molar-refractivity contribution is 6.28. The maximum absolute atomic E-state index is 12.6. The first kappa shape index (κ1) is 14.3. The molecule has 2 aliphatic rings. The van der Waals surface area contributed by atoms with E-state index in [2.05, 4.69) is 9.97 Å². The predicted molar refractivity (Wildman–Crippen MR) is 76.6 cm³/mol. The zero-order chi connectivity index (χ0) is 15.1. The number of carbonyl (C=O) groups excluding carboxylic acids is 2. The van der Waals surface area contributed by atoms with Gasteiger partial charge in [-0.3, -0.25) is 9.59 Å². The summed E-state index contributed by atoms with van der Waals surface area (Å²) in [6.07, 6.45) is 2.06. The van der Waals surface area contributed by atoms with Gasteiger partial charge in [0.05, 0.1) is 17.9 Å². The van der Waals surface area contributed by atoms with Crippen LogP contribution in [0.25, 0.3) is 0 Å². The normalized spacial score (nSPS) is 21.2. The number of carbonyl (C=O) groups is 2. The Kier molecular flexibility index (Phi) is 3.57. The molecule has 112 valence electrons. The molecule has 3 rings (SSSR count). The number of fused-ring (bicyclic) bond motifs is 1. The largest absolute Gasteiger partial charge is 0.465 e. The molecular weight excluding hydrogens is 294 g/mol. The van der Waals surface area contributed by atoms with Crippen molar-refractivity contribution in [2.24, 2.45) is 5.92 Å². The van der Waals surface area contributed by atoms with E-state index < -0.39 is 11.9 Å². The summed E-state index contributed by atoms with van der Waals surface area (Å²) in [6.45, 7) is 4.01. The third-order valence-corrected chi connectivity index (χ3v) is 3.99. The lowest BCUT2D eigenvalue weighted by molar-refractivity contribution is -0.145. The molecule has 1 aromatic heterocycles. The number of hydrogen-bond donors (Lipinski definition) is 0. The van der Waals surface area contributed by atoms with Crippen molar-refractivity contribution in [3.63, 3.8) is 0 Å². The number of Topliss-reactive ketones (excluding diaryl/α,β-unsaturated/α-hetero) is 1. The van der Waals surface area contributed by atoms with Crippen molar-refractivity contribution in [2.75, 3.05) is 18.1 Å². The molecule has 0 spiro atoms. The van der Waals surface area contributed by atoms with Gasteiger partial charge in [0.25, 0.3) is 0 Å². The van der Waals surface area contributed by atoms with Crippen LogP contribution in [0.15, 0.2) is 0 Å². The fraction of sp³-hybridized carbons (Fsp3) is 0.571. The summed E-state index contributed by atoms with van der Waals surface area (Å²) in [6, 6.07) is 0.319. The van der Waals surface area contributed by atoms with Gasteiger partial charge in [0.15, 0.2) is 5.78 Å². The van der Waals surface area contributed by atoms with Crippen LogP contribution in [0.3, 0.4) is 0 Å². The van der Waals surface area contributed by atoms with Crippen LogP contribution < -0.4 is 4.90 Å². The van der Waals surface area contributed by atoms with Crippen LogP contribution in [0.2, 0.25) is 5.28 Å². The molecule has 0 amide bonds. The average Bonchev–Trinajstić information content (AvgIpc) is 3.22. The smallest absolute Gasteiger partial charge is 0.318 e. The number of nitrogens with zero attached hydrogens (tertiary/aromatic N) is 3. The first-order chi connectivity index (χ1) is 10.0. The minimum Gasteiger partial charge on any atom is -0.465 e. The Labute approximate surface area is 127 Å². The number of aromatic nitrogens is 2. The summed E-state index contributed by atoms with van der Waals surface area (Å²) in [4.78, 5) is 34.9. The fourth-order valence-corrected chi connectivity index (χ4v) is 2.90. The van der Waals surface area contributed by atoms with Crippen molar-refractivity contribution in [1.29, 1.82) is 0 Å². The van der Waals surface area contributed by atoms with Crippen molar-refractivity contribution in [3.05, 3.63) is 16.5 Å². The van der Waals surface area contributed by atoms with Crippen molar-refractivity contribution in [1.82, 2.24) is 9.97 Å². The average molecular weight is 310 g/mol. The standard InChI is InChI=1S/C14H16ClN3O3/c1-3-21-13(20)9-6-18(8-4-5-8)12-10(11(9)19)7(2)16-14(15)17-12/h8-9H,3-6H2,1-2H3. The number of rotatable bonds is 3. The van der Waals surface area contributed by atoms with Gasteiger partial charge in [-0.25, -0.2) is 4.98 Å². The number of halogens is 1. The van der Waals surface area contributed by atoms with Gasteiger partial charge in [0, 0.05) is 12.6 Å². The van der Waals surface area contributed by atoms with Crippen LogP contribution in [-0.2, 0) is 9.53 Å². The summed E-state index contributed by atoms with van der Waals surface area (Å²) in [7, 11) is 0. The van der Waals surface area contributed by atoms with Crippen LogP contribution in [-0.4, -0.2) is 40.9 Å². The van der Waals surface area contributed by atoms with Gasteiger partial charge in [-0.05, 0) is 38.3 Å². The molecule has 0 saturated heterocycles. The van der Waals surface area contributed by atoms with Crippen molar-refractivity contribution in [3.8, 4) is 0 Å². The van der Waals surface area contributed by atoms with E-state index in [0.717, 1.165) is 12.8 Å². The van der Waals surface area contributed by atoms with E-state index in [9.17, 15) is 9.59 Å². The Morgan fingerprint density at radius 2 is 2.14 bits per heavy atom. The van der Waals surface area contributed by atoms with E-state index in [1.807, 2.05) is 4.90 Å². The van der Waals surface area contributed by atoms with Crippen molar-refractivity contribution < 1.29 is 14.3 Å². The lowest BCUT2D eigenvalue weighted by Crippen LogP contribution is -2.45. The van der Waals surface area contributed by atoms with Crippen LogP contribution in [0, 0.1) is 12.8 Å². The van der Waals surface area contributed by atoms with E-state index in [0.29, 0.717) is 29.7 Å². The molecule has 1 saturated carbocycles. The molecule has 1 aliphatic heterocycles.